The normalized spacial score (nSPS) is 31.6. The van der Waals surface area contributed by atoms with Crippen LogP contribution in [0.15, 0.2) is 18.2 Å². The molecule has 2 aromatic rings. The highest BCUT2D eigenvalue weighted by molar-refractivity contribution is 5.94. The molecule has 5 aliphatic carbocycles. The topological polar surface area (TPSA) is 46.9 Å². The number of hydrogen-bond acceptors (Lipinski definition) is 2. The van der Waals surface area contributed by atoms with Gasteiger partial charge in [0.05, 0.1) is 5.69 Å². The fourth-order valence-corrected chi connectivity index (χ4v) is 7.18. The van der Waals surface area contributed by atoms with Gasteiger partial charge in [-0.1, -0.05) is 0 Å². The molecule has 0 radical (unpaired) electrons. The van der Waals surface area contributed by atoms with Crippen molar-refractivity contribution >= 4 is 5.91 Å². The zero-order chi connectivity index (χ0) is 20.5. The number of carbonyl (C=O) groups excluding carboxylic acids is 1. The number of carbonyl (C=O) groups is 1. The number of nitrogens with zero attached hydrogens (tertiary/aromatic N) is 2. The lowest BCUT2D eigenvalue weighted by Gasteiger charge is -2.56. The van der Waals surface area contributed by atoms with E-state index in [0.717, 1.165) is 86.1 Å². The molecule has 30 heavy (non-hydrogen) atoms. The number of nitrogens with one attached hydrogen (secondary N) is 1. The van der Waals surface area contributed by atoms with E-state index in [1.807, 2.05) is 0 Å². The smallest absolute Gasteiger partial charge is 0.272 e. The Morgan fingerprint density at radius 2 is 1.67 bits per heavy atom. The standard InChI is InChI=1S/C24H27F2N3O/c25-19-6-5-17(10-20(19)26)29-21-4-2-1-3-18(21)22(28-29)23(30)27-24-11-14-7-15(12-24)9-16(8-14)13-24/h5-6,10,14-16H,1-4,7-9,11-13H2,(H,27,30). The third-order valence-electron chi connectivity index (χ3n) is 7.96. The van der Waals surface area contributed by atoms with Gasteiger partial charge >= 0.3 is 0 Å². The fraction of sp³-hybridized carbons (Fsp3) is 0.583. The zero-order valence-electron chi connectivity index (χ0n) is 17.1. The Morgan fingerprint density at radius 1 is 1.00 bits per heavy atom. The van der Waals surface area contributed by atoms with Gasteiger partial charge in [0.2, 0.25) is 0 Å². The van der Waals surface area contributed by atoms with Gasteiger partial charge in [-0.05, 0) is 94.1 Å². The molecule has 0 unspecified atom stereocenters. The Bertz CT molecular complexity index is 992. The molecule has 1 amide bonds. The second kappa shape index (κ2) is 6.63. The Kier molecular flexibility index (Phi) is 4.09. The maximum Gasteiger partial charge on any atom is 0.272 e. The second-order valence-corrected chi connectivity index (χ2v) is 10.1. The molecule has 6 heteroatoms. The van der Waals surface area contributed by atoms with Gasteiger partial charge in [0.1, 0.15) is 0 Å². The summed E-state index contributed by atoms with van der Waals surface area (Å²) in [5.74, 6) is 0.406. The van der Waals surface area contributed by atoms with E-state index in [0.29, 0.717) is 11.4 Å². The first-order valence-electron chi connectivity index (χ1n) is 11.4. The Hall–Kier alpha value is -2.24. The van der Waals surface area contributed by atoms with Crippen molar-refractivity contribution in [3.8, 4) is 5.69 Å². The number of amides is 1. The molecule has 7 rings (SSSR count). The largest absolute Gasteiger partial charge is 0.345 e. The van der Waals surface area contributed by atoms with Crippen LogP contribution in [0.2, 0.25) is 0 Å². The van der Waals surface area contributed by atoms with E-state index in [-0.39, 0.29) is 11.4 Å². The van der Waals surface area contributed by atoms with Gasteiger partial charge < -0.3 is 5.32 Å². The first kappa shape index (κ1) is 18.5. The summed E-state index contributed by atoms with van der Waals surface area (Å²) in [4.78, 5) is 13.4. The summed E-state index contributed by atoms with van der Waals surface area (Å²) in [6.07, 6.45) is 10.9. The lowest BCUT2D eigenvalue weighted by Crippen LogP contribution is -2.60. The molecule has 4 nitrogen and oxygen atoms in total. The van der Waals surface area contributed by atoms with Gasteiger partial charge in [0.25, 0.3) is 5.91 Å². The van der Waals surface area contributed by atoms with Crippen LogP contribution in [-0.2, 0) is 12.8 Å². The Balaban J connectivity index is 1.35. The van der Waals surface area contributed by atoms with Crippen molar-refractivity contribution in [3.05, 3.63) is 46.8 Å². The van der Waals surface area contributed by atoms with E-state index < -0.39 is 11.6 Å². The third-order valence-corrected chi connectivity index (χ3v) is 7.96. The predicted octanol–water partition coefficient (Wildman–Crippen LogP) is 4.73. The molecule has 4 saturated carbocycles. The maximum atomic E-state index is 13.9. The molecule has 158 valence electrons. The van der Waals surface area contributed by atoms with Crippen molar-refractivity contribution in [1.82, 2.24) is 15.1 Å². The van der Waals surface area contributed by atoms with Crippen LogP contribution in [0.4, 0.5) is 8.78 Å². The lowest BCUT2D eigenvalue weighted by atomic mass is 9.53. The number of aromatic nitrogens is 2. The number of halogens is 2. The van der Waals surface area contributed by atoms with Crippen molar-refractivity contribution in [2.24, 2.45) is 17.8 Å². The molecule has 4 bridgehead atoms. The summed E-state index contributed by atoms with van der Waals surface area (Å²) in [5.41, 5.74) is 2.82. The van der Waals surface area contributed by atoms with E-state index in [1.54, 1.807) is 4.68 Å². The van der Waals surface area contributed by atoms with E-state index in [9.17, 15) is 13.6 Å². The summed E-state index contributed by atoms with van der Waals surface area (Å²) in [7, 11) is 0. The summed E-state index contributed by atoms with van der Waals surface area (Å²) in [5, 5.41) is 8.07. The number of rotatable bonds is 3. The van der Waals surface area contributed by atoms with Crippen molar-refractivity contribution < 1.29 is 13.6 Å². The second-order valence-electron chi connectivity index (χ2n) is 10.1. The zero-order valence-corrected chi connectivity index (χ0v) is 17.1. The van der Waals surface area contributed by atoms with E-state index in [1.165, 1.54) is 25.3 Å². The molecule has 0 aliphatic heterocycles. The summed E-state index contributed by atoms with van der Waals surface area (Å²) in [6.45, 7) is 0. The van der Waals surface area contributed by atoms with E-state index >= 15 is 0 Å². The van der Waals surface area contributed by atoms with Gasteiger partial charge in [-0.15, -0.1) is 0 Å². The van der Waals surface area contributed by atoms with Gasteiger partial charge in [-0.3, -0.25) is 4.79 Å². The first-order chi connectivity index (χ1) is 14.5. The summed E-state index contributed by atoms with van der Waals surface area (Å²) in [6, 6.07) is 3.82. The molecule has 0 atom stereocenters. The van der Waals surface area contributed by atoms with Gasteiger partial charge in [-0.25, -0.2) is 13.5 Å². The highest BCUT2D eigenvalue weighted by atomic mass is 19.2. The van der Waals surface area contributed by atoms with E-state index in [4.69, 9.17) is 0 Å². The third kappa shape index (κ3) is 2.90. The molecule has 5 aliphatic rings. The highest BCUT2D eigenvalue weighted by Gasteiger charge is 2.51. The lowest BCUT2D eigenvalue weighted by molar-refractivity contribution is -0.0168. The van der Waals surface area contributed by atoms with Crippen LogP contribution in [-0.4, -0.2) is 21.2 Å². The molecule has 1 aromatic heterocycles. The molecule has 4 fully saturated rings. The molecule has 1 aromatic carbocycles. The molecule has 0 saturated heterocycles. The average Bonchev–Trinajstić information content (AvgIpc) is 3.09. The van der Waals surface area contributed by atoms with Crippen LogP contribution in [0.5, 0.6) is 0 Å². The average molecular weight is 411 g/mol. The minimum atomic E-state index is -0.896. The molecule has 0 spiro atoms. The van der Waals surface area contributed by atoms with Crippen LogP contribution in [0.1, 0.15) is 73.1 Å². The molecule has 1 N–H and O–H groups in total. The molecular formula is C24H27F2N3O. The SMILES string of the molecule is O=C(NC12CC3CC(CC(C3)C1)C2)c1nn(-c2ccc(F)c(F)c2)c2c1CCCC2. The molecule has 1 heterocycles. The fourth-order valence-electron chi connectivity index (χ4n) is 7.18. The quantitative estimate of drug-likeness (QED) is 0.794. The van der Waals surface area contributed by atoms with Crippen LogP contribution in [0.3, 0.4) is 0 Å². The van der Waals surface area contributed by atoms with Gasteiger partial charge in [0, 0.05) is 22.9 Å². The van der Waals surface area contributed by atoms with Crippen LogP contribution in [0, 0.1) is 29.4 Å². The van der Waals surface area contributed by atoms with Crippen molar-refractivity contribution in [3.63, 3.8) is 0 Å². The summed E-state index contributed by atoms with van der Waals surface area (Å²) >= 11 is 0. The molecular weight excluding hydrogens is 384 g/mol. The summed E-state index contributed by atoms with van der Waals surface area (Å²) < 4.78 is 28.9. The van der Waals surface area contributed by atoms with Crippen molar-refractivity contribution in [2.45, 2.75) is 69.7 Å². The van der Waals surface area contributed by atoms with E-state index in [2.05, 4.69) is 10.4 Å². The highest BCUT2D eigenvalue weighted by Crippen LogP contribution is 2.55. The first-order valence-corrected chi connectivity index (χ1v) is 11.4. The van der Waals surface area contributed by atoms with Crippen LogP contribution < -0.4 is 5.32 Å². The van der Waals surface area contributed by atoms with Crippen molar-refractivity contribution in [2.75, 3.05) is 0 Å². The Labute approximate surface area is 175 Å². The monoisotopic (exact) mass is 411 g/mol. The van der Waals surface area contributed by atoms with Gasteiger partial charge in [0.15, 0.2) is 17.3 Å². The number of benzene rings is 1. The predicted molar refractivity (Wildman–Crippen MR) is 108 cm³/mol. The van der Waals surface area contributed by atoms with Crippen LogP contribution >= 0.6 is 0 Å². The minimum absolute atomic E-state index is 0.0703. The number of hydrogen-bond donors (Lipinski definition) is 1. The minimum Gasteiger partial charge on any atom is -0.345 e. The van der Waals surface area contributed by atoms with Crippen LogP contribution in [0.25, 0.3) is 5.69 Å². The Morgan fingerprint density at radius 3 is 2.33 bits per heavy atom. The maximum absolute atomic E-state index is 13.9. The van der Waals surface area contributed by atoms with Crippen molar-refractivity contribution in [1.29, 1.82) is 0 Å². The number of fused-ring (bicyclic) bond motifs is 1. The van der Waals surface area contributed by atoms with Gasteiger partial charge in [-0.2, -0.15) is 5.10 Å².